The third-order valence-corrected chi connectivity index (χ3v) is 9.99. The summed E-state index contributed by atoms with van der Waals surface area (Å²) in [6, 6.07) is 15.3. The third-order valence-electron chi connectivity index (χ3n) is 9.99. The van der Waals surface area contributed by atoms with Crippen LogP contribution < -0.4 is 15.0 Å². The lowest BCUT2D eigenvalue weighted by Gasteiger charge is -2.64. The molecule has 1 amide bonds. The summed E-state index contributed by atoms with van der Waals surface area (Å²) in [4.78, 5) is 30.5. The zero-order chi connectivity index (χ0) is 28.3. The van der Waals surface area contributed by atoms with Crippen LogP contribution in [-0.4, -0.2) is 79.5 Å². The molecule has 2 N–H and O–H groups in total. The molecule has 2 aromatic rings. The number of ether oxygens (including phenoxy) is 2. The van der Waals surface area contributed by atoms with Crippen LogP contribution in [0.1, 0.15) is 37.8 Å². The smallest absolute Gasteiger partial charge is 0.303 e. The van der Waals surface area contributed by atoms with E-state index < -0.39 is 34.5 Å². The number of nitrogens with one attached hydrogen (secondary N) is 1. The van der Waals surface area contributed by atoms with Crippen LogP contribution in [0.2, 0.25) is 0 Å². The number of rotatable bonds is 7. The summed E-state index contributed by atoms with van der Waals surface area (Å²) in [7, 11) is 3.66. The highest BCUT2D eigenvalue weighted by molar-refractivity contribution is 5.79. The highest BCUT2D eigenvalue weighted by atomic mass is 16.6. The van der Waals surface area contributed by atoms with Gasteiger partial charge < -0.3 is 24.8 Å². The summed E-state index contributed by atoms with van der Waals surface area (Å²) >= 11 is 0. The number of carbonyl (C=O) groups excluding carboxylic acids is 2. The molecule has 2 unspecified atom stereocenters. The van der Waals surface area contributed by atoms with E-state index >= 15 is 0 Å². The molecule has 2 fully saturated rings. The highest BCUT2D eigenvalue weighted by Crippen LogP contribution is 2.67. The first-order valence-electron chi connectivity index (χ1n) is 14.2. The first-order valence-corrected chi connectivity index (χ1v) is 14.2. The average molecular weight is 546 g/mol. The van der Waals surface area contributed by atoms with Crippen LogP contribution in [0, 0.1) is 5.41 Å². The van der Waals surface area contributed by atoms with E-state index in [4.69, 9.17) is 9.47 Å². The molecule has 1 saturated carbocycles. The number of hydrogen-bond acceptors (Lipinski definition) is 7. The van der Waals surface area contributed by atoms with E-state index in [0.717, 1.165) is 36.5 Å². The Labute approximate surface area is 235 Å². The number of nitrogens with zero attached hydrogens (tertiary/aromatic N) is 2. The number of esters is 1. The van der Waals surface area contributed by atoms with Gasteiger partial charge in [0.05, 0.1) is 26.1 Å². The van der Waals surface area contributed by atoms with Gasteiger partial charge in [0, 0.05) is 49.1 Å². The fourth-order valence-corrected chi connectivity index (χ4v) is 8.73. The van der Waals surface area contributed by atoms with Gasteiger partial charge in [0.25, 0.3) is 0 Å². The molecule has 4 aliphatic rings. The monoisotopic (exact) mass is 545 g/mol. The molecular weight excluding hydrogens is 506 g/mol. The molecule has 8 nitrogen and oxygen atoms in total. The van der Waals surface area contributed by atoms with Crippen molar-refractivity contribution >= 4 is 17.6 Å². The van der Waals surface area contributed by atoms with Crippen molar-refractivity contribution in [1.82, 2.24) is 10.2 Å². The van der Waals surface area contributed by atoms with Crippen molar-refractivity contribution in [2.75, 3.05) is 38.7 Å². The Kier molecular flexibility index (Phi) is 6.46. The second-order valence-electron chi connectivity index (χ2n) is 11.9. The largest absolute Gasteiger partial charge is 0.497 e. The number of likely N-dealkylation sites (N-methyl/N-ethyl adjacent to an activating group) is 1. The number of anilines is 1. The van der Waals surface area contributed by atoms with E-state index in [0.29, 0.717) is 6.42 Å². The van der Waals surface area contributed by atoms with Crippen molar-refractivity contribution < 1.29 is 24.2 Å². The molecule has 40 heavy (non-hydrogen) atoms. The Balaban J connectivity index is 1.50. The molecule has 6 atom stereocenters. The van der Waals surface area contributed by atoms with Gasteiger partial charge in [0.15, 0.2) is 0 Å². The van der Waals surface area contributed by atoms with Gasteiger partial charge in [-0.15, -0.1) is 0 Å². The predicted octanol–water partition coefficient (Wildman–Crippen LogP) is 2.83. The minimum Gasteiger partial charge on any atom is -0.497 e. The Bertz CT molecular complexity index is 1350. The maximum absolute atomic E-state index is 13.2. The lowest BCUT2D eigenvalue weighted by Crippen LogP contribution is -2.81. The summed E-state index contributed by atoms with van der Waals surface area (Å²) in [5.41, 5.74) is 0.418. The predicted molar refractivity (Wildman–Crippen MR) is 152 cm³/mol. The van der Waals surface area contributed by atoms with Crippen LogP contribution in [0.4, 0.5) is 5.69 Å². The molecule has 6 rings (SSSR count). The maximum atomic E-state index is 13.2. The van der Waals surface area contributed by atoms with E-state index in [1.807, 2.05) is 49.5 Å². The Hall–Kier alpha value is -3.36. The maximum Gasteiger partial charge on any atom is 0.303 e. The van der Waals surface area contributed by atoms with Gasteiger partial charge in [-0.2, -0.15) is 0 Å². The average Bonchev–Trinajstić information content (AvgIpc) is 3.46. The third kappa shape index (κ3) is 3.65. The molecular formula is C32H39N3O5. The van der Waals surface area contributed by atoms with Gasteiger partial charge in [-0.25, -0.2) is 0 Å². The molecule has 3 heterocycles. The number of carbonyl (C=O) groups is 2. The fraction of sp³-hybridized carbons (Fsp3) is 0.500. The highest BCUT2D eigenvalue weighted by Gasteiger charge is 2.77. The van der Waals surface area contributed by atoms with Crippen LogP contribution in [-0.2, 0) is 26.2 Å². The zero-order valence-electron chi connectivity index (χ0n) is 23.7. The fourth-order valence-electron chi connectivity index (χ4n) is 8.73. The summed E-state index contributed by atoms with van der Waals surface area (Å²) < 4.78 is 11.8. The number of methoxy groups -OCH3 is 1. The van der Waals surface area contributed by atoms with Crippen LogP contribution in [0.25, 0.3) is 0 Å². The zero-order valence-corrected chi connectivity index (χ0v) is 23.7. The van der Waals surface area contributed by atoms with Crippen molar-refractivity contribution in [3.8, 4) is 5.75 Å². The van der Waals surface area contributed by atoms with Crippen molar-refractivity contribution in [1.29, 1.82) is 0 Å². The summed E-state index contributed by atoms with van der Waals surface area (Å²) in [5.74, 6) is 0.120. The van der Waals surface area contributed by atoms with Gasteiger partial charge >= 0.3 is 5.97 Å². The van der Waals surface area contributed by atoms with Crippen LogP contribution in [0.5, 0.6) is 5.75 Å². The van der Waals surface area contributed by atoms with Crippen LogP contribution >= 0.6 is 0 Å². The Morgan fingerprint density at radius 3 is 2.62 bits per heavy atom. The van der Waals surface area contributed by atoms with Gasteiger partial charge in [-0.05, 0) is 36.6 Å². The molecule has 0 bridgehead atoms. The number of fused-ring (bicyclic) bond motifs is 1. The molecule has 1 aliphatic carbocycles. The number of amides is 1. The van der Waals surface area contributed by atoms with Crippen molar-refractivity contribution in [3.05, 3.63) is 71.8 Å². The summed E-state index contributed by atoms with van der Waals surface area (Å²) in [5, 5.41) is 16.1. The van der Waals surface area contributed by atoms with Crippen molar-refractivity contribution in [3.63, 3.8) is 0 Å². The number of hydrogen-bond donors (Lipinski definition) is 2. The molecule has 1 saturated heterocycles. The van der Waals surface area contributed by atoms with E-state index in [1.54, 1.807) is 7.11 Å². The minimum atomic E-state index is -1.58. The first kappa shape index (κ1) is 26.8. The normalized spacial score (nSPS) is 33.6. The molecule has 1 spiro atoms. The number of benzene rings is 2. The lowest BCUT2D eigenvalue weighted by atomic mass is 9.47. The molecule has 0 aromatic heterocycles. The Morgan fingerprint density at radius 2 is 1.93 bits per heavy atom. The van der Waals surface area contributed by atoms with Gasteiger partial charge in [0.1, 0.15) is 17.5 Å². The first-order chi connectivity index (χ1) is 19.2. The summed E-state index contributed by atoms with van der Waals surface area (Å²) in [6.07, 6.45) is 5.20. The molecule has 3 aliphatic heterocycles. The van der Waals surface area contributed by atoms with Crippen molar-refractivity contribution in [2.45, 2.75) is 62.3 Å². The topological polar surface area (TPSA) is 91.3 Å². The molecule has 0 radical (unpaired) electrons. The second kappa shape index (κ2) is 9.63. The van der Waals surface area contributed by atoms with E-state index in [-0.39, 0.29) is 24.9 Å². The molecule has 2 aromatic carbocycles. The Morgan fingerprint density at radius 1 is 1.15 bits per heavy atom. The van der Waals surface area contributed by atoms with Crippen LogP contribution in [0.15, 0.2) is 60.7 Å². The molecule has 212 valence electrons. The van der Waals surface area contributed by atoms with Gasteiger partial charge in [-0.3, -0.25) is 14.5 Å². The standard InChI is InChI=1S/C32H39N3O5/c1-5-30-14-9-16-35-17-15-31(27(30)35)24-13-12-23(39-4)19-25(24)34(3)28(31)32(38,29(30)40-21(2)36)20-33-26(37)18-22-10-7-6-8-11-22/h6-14,19,27-29,38H,5,15-18,20H2,1-4H3,(H,33,37)/t27?,28-,29-,30-,31-,32?/m1/s1. The van der Waals surface area contributed by atoms with Crippen LogP contribution in [0.3, 0.4) is 0 Å². The number of aliphatic hydroxyl groups is 1. The molecule has 8 heteroatoms. The van der Waals surface area contributed by atoms with Crippen molar-refractivity contribution in [2.24, 2.45) is 5.41 Å². The van der Waals surface area contributed by atoms with E-state index in [1.165, 1.54) is 12.5 Å². The van der Waals surface area contributed by atoms with E-state index in [9.17, 15) is 14.7 Å². The van der Waals surface area contributed by atoms with Gasteiger partial charge in [-0.1, -0.05) is 55.5 Å². The van der Waals surface area contributed by atoms with Gasteiger partial charge in [0.2, 0.25) is 5.91 Å². The summed E-state index contributed by atoms with van der Waals surface area (Å²) in [6.45, 7) is 5.15. The second-order valence-corrected chi connectivity index (χ2v) is 11.9. The SMILES string of the molecule is CC[C@]12C=CCN3CC[C@@]4(c5ccc(OC)cc5N(C)[C@H]4C(O)(CNC(=O)Cc4ccccc4)[C@@H]1OC(C)=O)C32. The lowest BCUT2D eigenvalue weighted by molar-refractivity contribution is -0.217. The minimum absolute atomic E-state index is 0.0155. The quantitative estimate of drug-likeness (QED) is 0.409. The van der Waals surface area contributed by atoms with E-state index in [2.05, 4.69) is 40.3 Å².